The van der Waals surface area contributed by atoms with Gasteiger partial charge in [0.05, 0.1) is 31.1 Å². The number of hydrogen-bond donors (Lipinski definition) is 0. The minimum absolute atomic E-state index is 0.00765. The maximum atomic E-state index is 13.4. The zero-order valence-corrected chi connectivity index (χ0v) is 17.6. The van der Waals surface area contributed by atoms with Crippen molar-refractivity contribution >= 4 is 33.2 Å². The van der Waals surface area contributed by atoms with Gasteiger partial charge in [-0.2, -0.15) is 0 Å². The molecule has 0 aliphatic rings. The lowest BCUT2D eigenvalue weighted by atomic mass is 9.98. The summed E-state index contributed by atoms with van der Waals surface area (Å²) in [7, 11) is 0. The Morgan fingerprint density at radius 1 is 0.897 bits per heavy atom. The summed E-state index contributed by atoms with van der Waals surface area (Å²) in [5.74, 6) is 0.479. The van der Waals surface area contributed by atoms with Crippen LogP contribution in [-0.4, -0.2) is 31.6 Å². The van der Waals surface area contributed by atoms with Gasteiger partial charge in [0.1, 0.15) is 0 Å². The molecule has 0 fully saturated rings. The summed E-state index contributed by atoms with van der Waals surface area (Å²) in [4.78, 5) is 26.1. The first kappa shape index (κ1) is 20.9. The summed E-state index contributed by atoms with van der Waals surface area (Å²) in [6.45, 7) is 6.67. The zero-order valence-electron chi connectivity index (χ0n) is 16.8. The lowest BCUT2D eigenvalue weighted by Crippen LogP contribution is -2.13. The van der Waals surface area contributed by atoms with Gasteiger partial charge in [0.15, 0.2) is 11.5 Å². The van der Waals surface area contributed by atoms with E-state index in [4.69, 9.17) is 14.2 Å². The molecule has 0 amide bonds. The number of carbonyl (C=O) groups is 2. The van der Waals surface area contributed by atoms with E-state index in [-0.39, 0.29) is 24.8 Å². The van der Waals surface area contributed by atoms with Crippen LogP contribution in [0, 0.1) is 0 Å². The monoisotopic (exact) mass is 412 g/mol. The second-order valence-corrected chi connectivity index (χ2v) is 7.37. The van der Waals surface area contributed by atoms with Gasteiger partial charge in [-0.25, -0.2) is 0 Å². The topological polar surface area (TPSA) is 61.8 Å². The third-order valence-corrected chi connectivity index (χ3v) is 5.42. The van der Waals surface area contributed by atoms with Crippen LogP contribution in [-0.2, 0) is 16.0 Å². The number of hydrogen-bond acceptors (Lipinski definition) is 6. The van der Waals surface area contributed by atoms with E-state index < -0.39 is 0 Å². The maximum absolute atomic E-state index is 13.4. The highest BCUT2D eigenvalue weighted by Crippen LogP contribution is 2.35. The molecule has 0 aliphatic heterocycles. The van der Waals surface area contributed by atoms with Gasteiger partial charge in [-0.15, -0.1) is 11.3 Å². The van der Waals surface area contributed by atoms with E-state index in [1.54, 1.807) is 19.1 Å². The Bertz CT molecular complexity index is 988. The summed E-state index contributed by atoms with van der Waals surface area (Å²) in [6, 6.07) is 13.1. The van der Waals surface area contributed by atoms with E-state index in [0.717, 1.165) is 10.1 Å². The van der Waals surface area contributed by atoms with E-state index in [1.165, 1.54) is 11.3 Å². The molecular formula is C23H24O5S. The average Bonchev–Trinajstić information content (AvgIpc) is 3.14. The number of benzene rings is 2. The van der Waals surface area contributed by atoms with Gasteiger partial charge in [0, 0.05) is 10.3 Å². The van der Waals surface area contributed by atoms with Crippen LogP contribution in [0.1, 0.15) is 41.6 Å². The highest BCUT2D eigenvalue weighted by molar-refractivity contribution is 7.21. The number of thiophene rings is 1. The standard InChI is InChI=1S/C23H24O5S/c1-4-26-18-11-16(13-22(24)28-6-3)17(14-19(18)27-5-2)23(25)21-12-15-9-7-8-10-20(15)29-21/h7-12,14H,4-6,13H2,1-3H3. The maximum Gasteiger partial charge on any atom is 0.310 e. The van der Waals surface area contributed by atoms with E-state index in [0.29, 0.717) is 40.7 Å². The number of ether oxygens (including phenoxy) is 3. The Hall–Kier alpha value is -2.86. The molecule has 0 saturated carbocycles. The SMILES string of the molecule is CCOC(=O)Cc1cc(OCC)c(OCC)cc1C(=O)c1cc2ccccc2s1. The fraction of sp³-hybridized carbons (Fsp3) is 0.304. The quantitative estimate of drug-likeness (QED) is 0.364. The van der Waals surface area contributed by atoms with Crippen molar-refractivity contribution in [2.24, 2.45) is 0 Å². The van der Waals surface area contributed by atoms with Crippen molar-refractivity contribution in [2.75, 3.05) is 19.8 Å². The molecule has 0 bridgehead atoms. The van der Waals surface area contributed by atoms with Crippen molar-refractivity contribution < 1.29 is 23.8 Å². The Morgan fingerprint density at radius 3 is 2.24 bits per heavy atom. The van der Waals surface area contributed by atoms with Crippen molar-refractivity contribution in [3.05, 3.63) is 58.5 Å². The molecule has 6 heteroatoms. The van der Waals surface area contributed by atoms with Crippen LogP contribution in [0.25, 0.3) is 10.1 Å². The highest BCUT2D eigenvalue weighted by Gasteiger charge is 2.22. The van der Waals surface area contributed by atoms with Crippen LogP contribution in [0.5, 0.6) is 11.5 Å². The van der Waals surface area contributed by atoms with Crippen molar-refractivity contribution in [2.45, 2.75) is 27.2 Å². The molecule has 5 nitrogen and oxygen atoms in total. The van der Waals surface area contributed by atoms with Crippen LogP contribution < -0.4 is 9.47 Å². The van der Waals surface area contributed by atoms with Crippen LogP contribution in [0.3, 0.4) is 0 Å². The smallest absolute Gasteiger partial charge is 0.310 e. The highest BCUT2D eigenvalue weighted by atomic mass is 32.1. The van der Waals surface area contributed by atoms with Gasteiger partial charge in [-0.3, -0.25) is 9.59 Å². The summed E-state index contributed by atoms with van der Waals surface area (Å²) in [6.07, 6.45) is -0.00765. The predicted molar refractivity (Wildman–Crippen MR) is 114 cm³/mol. The van der Waals surface area contributed by atoms with Gasteiger partial charge < -0.3 is 14.2 Å². The molecule has 1 aromatic heterocycles. The zero-order chi connectivity index (χ0) is 20.8. The molecule has 152 valence electrons. The average molecular weight is 413 g/mol. The fourth-order valence-corrected chi connectivity index (χ4v) is 4.11. The predicted octanol–water partition coefficient (Wildman–Crippen LogP) is 5.04. The third kappa shape index (κ3) is 4.77. The molecule has 0 spiro atoms. The van der Waals surface area contributed by atoms with Crippen molar-refractivity contribution in [1.29, 1.82) is 0 Å². The van der Waals surface area contributed by atoms with Crippen molar-refractivity contribution in [1.82, 2.24) is 0 Å². The van der Waals surface area contributed by atoms with E-state index >= 15 is 0 Å². The number of rotatable bonds is 9. The summed E-state index contributed by atoms with van der Waals surface area (Å²) in [5.41, 5.74) is 0.995. The Kier molecular flexibility index (Phi) is 6.88. The van der Waals surface area contributed by atoms with Crippen molar-refractivity contribution in [3.8, 4) is 11.5 Å². The van der Waals surface area contributed by atoms with Crippen molar-refractivity contribution in [3.63, 3.8) is 0 Å². The second kappa shape index (κ2) is 9.56. The molecule has 0 saturated heterocycles. The van der Waals surface area contributed by atoms with Gasteiger partial charge in [0.25, 0.3) is 0 Å². The molecule has 3 aromatic rings. The molecule has 2 aromatic carbocycles. The lowest BCUT2D eigenvalue weighted by Gasteiger charge is -2.15. The molecule has 0 radical (unpaired) electrons. The van der Waals surface area contributed by atoms with Gasteiger partial charge in [-0.05, 0) is 56.0 Å². The molecule has 0 atom stereocenters. The van der Waals surface area contributed by atoms with E-state index in [9.17, 15) is 9.59 Å². The lowest BCUT2D eigenvalue weighted by molar-refractivity contribution is -0.142. The number of ketones is 1. The fourth-order valence-electron chi connectivity index (χ4n) is 3.09. The molecule has 0 unspecified atom stereocenters. The van der Waals surface area contributed by atoms with Crippen LogP contribution in [0.4, 0.5) is 0 Å². The number of esters is 1. The van der Waals surface area contributed by atoms with E-state index in [1.807, 2.05) is 44.2 Å². The second-order valence-electron chi connectivity index (χ2n) is 6.28. The molecule has 1 heterocycles. The summed E-state index contributed by atoms with van der Waals surface area (Å²) < 4.78 is 17.5. The third-order valence-electron chi connectivity index (χ3n) is 4.30. The van der Waals surface area contributed by atoms with Crippen LogP contribution in [0.2, 0.25) is 0 Å². The Labute approximate surface area is 174 Å². The summed E-state index contributed by atoms with van der Waals surface area (Å²) >= 11 is 1.43. The first-order valence-electron chi connectivity index (χ1n) is 9.68. The number of carbonyl (C=O) groups excluding carboxylic acids is 2. The van der Waals surface area contributed by atoms with Crippen LogP contribution in [0.15, 0.2) is 42.5 Å². The molecular weight excluding hydrogens is 388 g/mol. The molecule has 3 rings (SSSR count). The first-order valence-corrected chi connectivity index (χ1v) is 10.5. The molecule has 0 N–H and O–H groups in total. The van der Waals surface area contributed by atoms with Gasteiger partial charge in [-0.1, -0.05) is 18.2 Å². The largest absolute Gasteiger partial charge is 0.490 e. The summed E-state index contributed by atoms with van der Waals surface area (Å²) in [5, 5.41) is 1.02. The van der Waals surface area contributed by atoms with Gasteiger partial charge >= 0.3 is 5.97 Å². The Morgan fingerprint density at radius 2 is 1.59 bits per heavy atom. The van der Waals surface area contributed by atoms with Crippen LogP contribution >= 0.6 is 11.3 Å². The van der Waals surface area contributed by atoms with E-state index in [2.05, 4.69) is 0 Å². The number of fused-ring (bicyclic) bond motifs is 1. The molecule has 29 heavy (non-hydrogen) atoms. The van der Waals surface area contributed by atoms with Gasteiger partial charge in [0.2, 0.25) is 5.78 Å². The minimum Gasteiger partial charge on any atom is -0.490 e. The Balaban J connectivity index is 2.08. The molecule has 0 aliphatic carbocycles. The first-order chi connectivity index (χ1) is 14.1. The normalized spacial score (nSPS) is 10.7. The minimum atomic E-state index is -0.385.